The van der Waals surface area contributed by atoms with Crippen molar-refractivity contribution in [1.82, 2.24) is 0 Å². The van der Waals surface area contributed by atoms with Gasteiger partial charge in [-0.25, -0.2) is 0 Å². The molecule has 2 amide bonds. The van der Waals surface area contributed by atoms with Crippen LogP contribution in [0.1, 0.15) is 5.56 Å². The van der Waals surface area contributed by atoms with Crippen molar-refractivity contribution in [2.75, 3.05) is 10.6 Å². The van der Waals surface area contributed by atoms with Gasteiger partial charge in [0.2, 0.25) is 0 Å². The third kappa shape index (κ3) is 3.08. The molecule has 0 unspecified atom stereocenters. The number of nitrogens with zero attached hydrogens (tertiary/aromatic N) is 1. The first-order chi connectivity index (χ1) is 11.7. The number of nitrogens with one attached hydrogen (secondary N) is 2. The minimum Gasteiger partial charge on any atom is -0.317 e. The van der Waals surface area contributed by atoms with E-state index in [0.29, 0.717) is 16.9 Å². The molecular weight excluding hydrogens is 302 g/mol. The van der Waals surface area contributed by atoms with E-state index in [9.17, 15) is 9.59 Å². The highest BCUT2D eigenvalue weighted by Crippen LogP contribution is 2.23. The molecule has 3 rings (SSSR count). The Balaban J connectivity index is 1.79. The molecule has 0 saturated heterocycles. The number of hydrogen-bond donors (Lipinski definition) is 2. The number of rotatable bonds is 2. The molecule has 5 nitrogen and oxygen atoms in total. The third-order valence-electron chi connectivity index (χ3n) is 3.54. The van der Waals surface area contributed by atoms with E-state index in [1.54, 1.807) is 36.4 Å². The Morgan fingerprint density at radius 3 is 2.12 bits per heavy atom. The summed E-state index contributed by atoms with van der Waals surface area (Å²) in [5, 5.41) is 15.9. The first-order valence-corrected chi connectivity index (χ1v) is 7.28. The van der Waals surface area contributed by atoms with E-state index in [1.807, 2.05) is 36.4 Å². The van der Waals surface area contributed by atoms with Gasteiger partial charge >= 0.3 is 11.8 Å². The van der Waals surface area contributed by atoms with Crippen LogP contribution in [0, 0.1) is 11.3 Å². The highest BCUT2D eigenvalue weighted by molar-refractivity contribution is 6.44. The topological polar surface area (TPSA) is 82.0 Å². The SMILES string of the molecule is N#Cc1ccccc1NC(=O)C(=O)Nc1cccc2ccccc12. The van der Waals surface area contributed by atoms with Gasteiger partial charge < -0.3 is 10.6 Å². The van der Waals surface area contributed by atoms with E-state index in [-0.39, 0.29) is 0 Å². The second-order valence-corrected chi connectivity index (χ2v) is 5.09. The fourth-order valence-corrected chi connectivity index (χ4v) is 2.38. The first-order valence-electron chi connectivity index (χ1n) is 7.28. The summed E-state index contributed by atoms with van der Waals surface area (Å²) in [6.45, 7) is 0. The van der Waals surface area contributed by atoms with Crippen molar-refractivity contribution in [3.63, 3.8) is 0 Å². The van der Waals surface area contributed by atoms with Gasteiger partial charge in [-0.3, -0.25) is 9.59 Å². The van der Waals surface area contributed by atoms with Crippen LogP contribution in [0.3, 0.4) is 0 Å². The van der Waals surface area contributed by atoms with Gasteiger partial charge in [0.25, 0.3) is 0 Å². The largest absolute Gasteiger partial charge is 0.317 e. The van der Waals surface area contributed by atoms with Crippen LogP contribution in [-0.2, 0) is 9.59 Å². The number of hydrogen-bond acceptors (Lipinski definition) is 3. The lowest BCUT2D eigenvalue weighted by Crippen LogP contribution is -2.29. The molecule has 0 saturated carbocycles. The molecule has 0 aliphatic heterocycles. The number of benzene rings is 3. The van der Waals surface area contributed by atoms with Gasteiger partial charge in [-0.05, 0) is 23.6 Å². The Hall–Kier alpha value is -3.65. The number of carbonyl (C=O) groups is 2. The minimum absolute atomic E-state index is 0.295. The summed E-state index contributed by atoms with van der Waals surface area (Å²) in [6.07, 6.45) is 0. The average molecular weight is 315 g/mol. The molecule has 3 aromatic rings. The zero-order valence-electron chi connectivity index (χ0n) is 12.6. The molecule has 24 heavy (non-hydrogen) atoms. The van der Waals surface area contributed by atoms with E-state index < -0.39 is 11.8 Å². The number of anilines is 2. The predicted octanol–water partition coefficient (Wildman–Crippen LogP) is 3.29. The zero-order chi connectivity index (χ0) is 16.9. The van der Waals surface area contributed by atoms with Crippen molar-refractivity contribution in [3.05, 3.63) is 72.3 Å². The second-order valence-electron chi connectivity index (χ2n) is 5.09. The highest BCUT2D eigenvalue weighted by Gasteiger charge is 2.16. The first kappa shape index (κ1) is 15.3. The standard InChI is InChI=1S/C19H13N3O2/c20-12-14-7-2-4-10-16(14)21-18(23)19(24)22-17-11-5-8-13-6-1-3-9-15(13)17/h1-11H,(H,21,23)(H,22,24). The molecule has 116 valence electrons. The van der Waals surface area contributed by atoms with Crippen LogP contribution in [0.2, 0.25) is 0 Å². The quantitative estimate of drug-likeness (QED) is 0.712. The molecule has 0 bridgehead atoms. The van der Waals surface area contributed by atoms with Crippen LogP contribution in [0.5, 0.6) is 0 Å². The van der Waals surface area contributed by atoms with Gasteiger partial charge in [-0.15, -0.1) is 0 Å². The van der Waals surface area contributed by atoms with Crippen molar-refractivity contribution < 1.29 is 9.59 Å². The maximum atomic E-state index is 12.2. The van der Waals surface area contributed by atoms with Crippen LogP contribution in [0.25, 0.3) is 10.8 Å². The van der Waals surface area contributed by atoms with Crippen LogP contribution >= 0.6 is 0 Å². The minimum atomic E-state index is -0.828. The van der Waals surface area contributed by atoms with Gasteiger partial charge in [0.15, 0.2) is 0 Å². The van der Waals surface area contributed by atoms with E-state index in [2.05, 4.69) is 10.6 Å². The van der Waals surface area contributed by atoms with Crippen LogP contribution in [0.4, 0.5) is 11.4 Å². The van der Waals surface area contributed by atoms with Crippen LogP contribution in [0.15, 0.2) is 66.7 Å². The van der Waals surface area contributed by atoms with Gasteiger partial charge in [-0.2, -0.15) is 5.26 Å². The van der Waals surface area contributed by atoms with Gasteiger partial charge in [-0.1, -0.05) is 48.5 Å². The molecule has 3 aromatic carbocycles. The lowest BCUT2D eigenvalue weighted by Gasteiger charge is -2.09. The molecule has 0 aromatic heterocycles. The summed E-state index contributed by atoms with van der Waals surface area (Å²) >= 11 is 0. The lowest BCUT2D eigenvalue weighted by atomic mass is 10.1. The van der Waals surface area contributed by atoms with Crippen molar-refractivity contribution in [2.45, 2.75) is 0 Å². The Kier molecular flexibility index (Phi) is 4.21. The molecule has 2 N–H and O–H groups in total. The van der Waals surface area contributed by atoms with E-state index in [1.165, 1.54) is 0 Å². The Morgan fingerprint density at radius 1 is 0.750 bits per heavy atom. The summed E-state index contributed by atoms with van der Waals surface area (Å²) < 4.78 is 0. The number of nitriles is 1. The number of carbonyl (C=O) groups excluding carboxylic acids is 2. The van der Waals surface area contributed by atoms with Crippen LogP contribution < -0.4 is 10.6 Å². The number of fused-ring (bicyclic) bond motifs is 1. The molecular formula is C19H13N3O2. The molecule has 0 spiro atoms. The second kappa shape index (κ2) is 6.63. The Labute approximate surface area is 138 Å². The van der Waals surface area contributed by atoms with Gasteiger partial charge in [0.05, 0.1) is 11.3 Å². The average Bonchev–Trinajstić information content (AvgIpc) is 2.62. The van der Waals surface area contributed by atoms with E-state index in [4.69, 9.17) is 5.26 Å². The fraction of sp³-hybridized carbons (Fsp3) is 0. The van der Waals surface area contributed by atoms with Gasteiger partial charge in [0.1, 0.15) is 6.07 Å². The fourth-order valence-electron chi connectivity index (χ4n) is 2.38. The summed E-state index contributed by atoms with van der Waals surface area (Å²) in [4.78, 5) is 24.2. The van der Waals surface area contributed by atoms with E-state index in [0.717, 1.165) is 10.8 Å². The number of para-hydroxylation sites is 1. The number of amides is 2. The maximum Gasteiger partial charge on any atom is 0.314 e. The maximum absolute atomic E-state index is 12.2. The predicted molar refractivity (Wildman–Crippen MR) is 92.4 cm³/mol. The van der Waals surface area contributed by atoms with Gasteiger partial charge in [0, 0.05) is 11.1 Å². The third-order valence-corrected chi connectivity index (χ3v) is 3.54. The van der Waals surface area contributed by atoms with Crippen molar-refractivity contribution >= 4 is 34.0 Å². The summed E-state index contributed by atoms with van der Waals surface area (Å²) in [6, 6.07) is 21.5. The lowest BCUT2D eigenvalue weighted by molar-refractivity contribution is -0.132. The highest BCUT2D eigenvalue weighted by atomic mass is 16.2. The Bertz CT molecular complexity index is 968. The van der Waals surface area contributed by atoms with Crippen molar-refractivity contribution in [1.29, 1.82) is 5.26 Å². The molecule has 0 aliphatic carbocycles. The van der Waals surface area contributed by atoms with Crippen LogP contribution in [-0.4, -0.2) is 11.8 Å². The molecule has 0 fully saturated rings. The molecule has 5 heteroatoms. The van der Waals surface area contributed by atoms with Crippen molar-refractivity contribution in [3.8, 4) is 6.07 Å². The normalized spacial score (nSPS) is 9.96. The summed E-state index contributed by atoms with van der Waals surface area (Å²) in [5.74, 6) is -1.62. The molecule has 0 heterocycles. The van der Waals surface area contributed by atoms with Crippen molar-refractivity contribution in [2.24, 2.45) is 0 Å². The summed E-state index contributed by atoms with van der Waals surface area (Å²) in [5.41, 5.74) is 1.16. The summed E-state index contributed by atoms with van der Waals surface area (Å²) in [7, 11) is 0. The Morgan fingerprint density at radius 2 is 1.33 bits per heavy atom. The van der Waals surface area contributed by atoms with E-state index >= 15 is 0 Å². The molecule has 0 radical (unpaired) electrons. The monoisotopic (exact) mass is 315 g/mol. The molecule has 0 aliphatic rings. The zero-order valence-corrected chi connectivity index (χ0v) is 12.6. The smallest absolute Gasteiger partial charge is 0.314 e. The molecule has 0 atom stereocenters.